The Morgan fingerprint density at radius 1 is 0.586 bits per heavy atom. The molecule has 0 spiro atoms. The Morgan fingerprint density at radius 3 is 1.31 bits per heavy atom. The number of nitrogens with zero attached hydrogens (tertiary/aromatic N) is 1. The molecule has 0 aromatic rings. The molecule has 172 valence electrons. The molecular formula is C24H50N3O2+. The summed E-state index contributed by atoms with van der Waals surface area (Å²) in [4.78, 5) is 24.1. The molecule has 0 bridgehead atoms. The van der Waals surface area contributed by atoms with Gasteiger partial charge in [-0.3, -0.25) is 9.59 Å². The second-order valence-electron chi connectivity index (χ2n) is 9.12. The molecule has 0 saturated carbocycles. The molecule has 0 heterocycles. The lowest BCUT2D eigenvalue weighted by Crippen LogP contribution is -2.44. The van der Waals surface area contributed by atoms with Crippen LogP contribution in [0.15, 0.2) is 0 Å². The zero-order valence-corrected chi connectivity index (χ0v) is 20.0. The Hall–Kier alpha value is -1.10. The van der Waals surface area contributed by atoms with E-state index in [1.54, 1.807) is 0 Å². The second-order valence-corrected chi connectivity index (χ2v) is 9.12. The van der Waals surface area contributed by atoms with Crippen LogP contribution in [0.2, 0.25) is 0 Å². The number of hydrogen-bond acceptors (Lipinski definition) is 2. The summed E-state index contributed by atoms with van der Waals surface area (Å²) in [5.41, 5.74) is 0. The summed E-state index contributed by atoms with van der Waals surface area (Å²) in [7, 11) is 4.20. The van der Waals surface area contributed by atoms with E-state index in [-0.39, 0.29) is 11.8 Å². The van der Waals surface area contributed by atoms with Gasteiger partial charge in [-0.25, -0.2) is 0 Å². The SMILES string of the molecule is CCCCCCCCNC(=O)CC[N+](C)(C)CCC(=O)NCCCCCCCC. The first-order valence-corrected chi connectivity index (χ1v) is 12.3. The van der Waals surface area contributed by atoms with Gasteiger partial charge in [0.15, 0.2) is 0 Å². The van der Waals surface area contributed by atoms with Crippen LogP contribution in [0.5, 0.6) is 0 Å². The predicted molar refractivity (Wildman–Crippen MR) is 124 cm³/mol. The third-order valence-corrected chi connectivity index (χ3v) is 5.59. The highest BCUT2D eigenvalue weighted by atomic mass is 16.2. The molecule has 2 amide bonds. The maximum atomic E-state index is 12.0. The zero-order valence-electron chi connectivity index (χ0n) is 20.0. The standard InChI is InChI=1S/C24H49N3O2/c1-5-7-9-11-13-15-19-25-23(28)17-21-27(3,4)22-18-24(29)26-20-16-14-12-10-8-6-2/h5-22H2,1-4H3,(H-,25,26,28,29)/p+1. The van der Waals surface area contributed by atoms with Gasteiger partial charge in [0, 0.05) is 13.1 Å². The average molecular weight is 413 g/mol. The molecule has 0 saturated heterocycles. The third kappa shape index (κ3) is 20.0. The summed E-state index contributed by atoms with van der Waals surface area (Å²) in [5, 5.41) is 6.07. The molecule has 0 radical (unpaired) electrons. The van der Waals surface area contributed by atoms with Crippen LogP contribution >= 0.6 is 0 Å². The Bertz CT molecular complexity index is 375. The number of amides is 2. The third-order valence-electron chi connectivity index (χ3n) is 5.59. The summed E-state index contributed by atoms with van der Waals surface area (Å²) >= 11 is 0. The van der Waals surface area contributed by atoms with Crippen LogP contribution in [0.25, 0.3) is 0 Å². The lowest BCUT2D eigenvalue weighted by Gasteiger charge is -2.29. The molecule has 29 heavy (non-hydrogen) atoms. The smallest absolute Gasteiger partial charge is 0.225 e. The van der Waals surface area contributed by atoms with Crippen molar-refractivity contribution in [2.24, 2.45) is 0 Å². The van der Waals surface area contributed by atoms with Gasteiger partial charge in [-0.2, -0.15) is 0 Å². The molecule has 5 nitrogen and oxygen atoms in total. The van der Waals surface area contributed by atoms with E-state index < -0.39 is 0 Å². The van der Waals surface area contributed by atoms with Crippen molar-refractivity contribution in [3.8, 4) is 0 Å². The van der Waals surface area contributed by atoms with Crippen molar-refractivity contribution in [3.63, 3.8) is 0 Å². The van der Waals surface area contributed by atoms with E-state index in [0.717, 1.165) is 39.0 Å². The minimum absolute atomic E-state index is 0.136. The molecule has 0 aliphatic rings. The fourth-order valence-corrected chi connectivity index (χ4v) is 3.36. The lowest BCUT2D eigenvalue weighted by atomic mass is 10.1. The molecule has 0 atom stereocenters. The van der Waals surface area contributed by atoms with E-state index in [2.05, 4.69) is 38.6 Å². The summed E-state index contributed by atoms with van der Waals surface area (Å²) in [5.74, 6) is 0.273. The van der Waals surface area contributed by atoms with Gasteiger partial charge in [0.05, 0.1) is 40.0 Å². The molecule has 5 heteroatoms. The minimum Gasteiger partial charge on any atom is -0.356 e. The molecule has 0 aromatic heterocycles. The topological polar surface area (TPSA) is 58.2 Å². The zero-order chi connectivity index (χ0) is 21.8. The largest absolute Gasteiger partial charge is 0.356 e. The van der Waals surface area contributed by atoms with E-state index in [1.165, 1.54) is 64.2 Å². The number of hydrogen-bond donors (Lipinski definition) is 2. The van der Waals surface area contributed by atoms with Gasteiger partial charge in [0.1, 0.15) is 0 Å². The van der Waals surface area contributed by atoms with Gasteiger partial charge in [-0.1, -0.05) is 78.1 Å². The number of carbonyl (C=O) groups excluding carboxylic acids is 2. The molecule has 0 aromatic carbocycles. The first-order valence-electron chi connectivity index (χ1n) is 12.3. The number of carbonyl (C=O) groups is 2. The van der Waals surface area contributed by atoms with Crippen molar-refractivity contribution in [1.82, 2.24) is 10.6 Å². The number of quaternary nitrogens is 1. The van der Waals surface area contributed by atoms with E-state index in [0.29, 0.717) is 17.3 Å². The quantitative estimate of drug-likeness (QED) is 0.223. The highest BCUT2D eigenvalue weighted by molar-refractivity contribution is 5.76. The first kappa shape index (κ1) is 27.9. The van der Waals surface area contributed by atoms with Gasteiger partial charge >= 0.3 is 0 Å². The molecule has 0 fully saturated rings. The van der Waals surface area contributed by atoms with Gasteiger partial charge in [-0.15, -0.1) is 0 Å². The van der Waals surface area contributed by atoms with Crippen molar-refractivity contribution in [2.45, 2.75) is 104 Å². The fraction of sp³-hybridized carbons (Fsp3) is 0.917. The molecular weight excluding hydrogens is 362 g/mol. The van der Waals surface area contributed by atoms with Crippen molar-refractivity contribution >= 4 is 11.8 Å². The maximum Gasteiger partial charge on any atom is 0.225 e. The van der Waals surface area contributed by atoms with E-state index in [1.807, 2.05) is 0 Å². The summed E-state index contributed by atoms with van der Waals surface area (Å²) in [6, 6.07) is 0. The van der Waals surface area contributed by atoms with Crippen LogP contribution in [0.1, 0.15) is 104 Å². The number of rotatable bonds is 20. The lowest BCUT2D eigenvalue weighted by molar-refractivity contribution is -0.889. The number of nitrogens with one attached hydrogen (secondary N) is 2. The summed E-state index contributed by atoms with van der Waals surface area (Å²) in [6.45, 7) is 7.57. The Balaban J connectivity index is 3.67. The maximum absolute atomic E-state index is 12.0. The van der Waals surface area contributed by atoms with Crippen LogP contribution in [-0.2, 0) is 9.59 Å². The molecule has 0 aliphatic heterocycles. The molecule has 2 N–H and O–H groups in total. The molecule has 0 unspecified atom stereocenters. The normalized spacial score (nSPS) is 11.4. The van der Waals surface area contributed by atoms with Crippen LogP contribution < -0.4 is 10.6 Å². The monoisotopic (exact) mass is 412 g/mol. The van der Waals surface area contributed by atoms with Crippen LogP contribution in [0.3, 0.4) is 0 Å². The van der Waals surface area contributed by atoms with Crippen LogP contribution in [0, 0.1) is 0 Å². The van der Waals surface area contributed by atoms with Gasteiger partial charge < -0.3 is 15.1 Å². The summed E-state index contributed by atoms with van der Waals surface area (Å²) in [6.07, 6.45) is 16.0. The van der Waals surface area contributed by atoms with Gasteiger partial charge in [0.2, 0.25) is 11.8 Å². The molecule has 0 rings (SSSR count). The Labute approximate surface area is 181 Å². The van der Waals surface area contributed by atoms with Crippen LogP contribution in [-0.4, -0.2) is 56.6 Å². The van der Waals surface area contributed by atoms with E-state index in [4.69, 9.17) is 0 Å². The Kier molecular flexibility index (Phi) is 18.2. The summed E-state index contributed by atoms with van der Waals surface area (Å²) < 4.78 is 0.703. The average Bonchev–Trinajstić information content (AvgIpc) is 2.69. The van der Waals surface area contributed by atoms with Crippen molar-refractivity contribution in [1.29, 1.82) is 0 Å². The molecule has 0 aliphatic carbocycles. The highest BCUT2D eigenvalue weighted by Gasteiger charge is 2.18. The fourth-order valence-electron chi connectivity index (χ4n) is 3.36. The Morgan fingerprint density at radius 2 is 0.931 bits per heavy atom. The van der Waals surface area contributed by atoms with Gasteiger partial charge in [0.25, 0.3) is 0 Å². The predicted octanol–water partition coefficient (Wildman–Crippen LogP) is 4.80. The number of unbranched alkanes of at least 4 members (excludes halogenated alkanes) is 10. The van der Waals surface area contributed by atoms with Crippen LogP contribution in [0.4, 0.5) is 0 Å². The van der Waals surface area contributed by atoms with Gasteiger partial charge in [-0.05, 0) is 12.8 Å². The van der Waals surface area contributed by atoms with E-state index >= 15 is 0 Å². The second kappa shape index (κ2) is 18.9. The van der Waals surface area contributed by atoms with Crippen molar-refractivity contribution in [3.05, 3.63) is 0 Å². The first-order chi connectivity index (χ1) is 13.9. The van der Waals surface area contributed by atoms with E-state index in [9.17, 15) is 9.59 Å². The van der Waals surface area contributed by atoms with Crippen molar-refractivity contribution < 1.29 is 14.1 Å². The minimum atomic E-state index is 0.136. The van der Waals surface area contributed by atoms with Crippen molar-refractivity contribution in [2.75, 3.05) is 40.3 Å². The highest BCUT2D eigenvalue weighted by Crippen LogP contribution is 2.06.